The third-order valence-corrected chi connectivity index (χ3v) is 3.55. The van der Waals surface area contributed by atoms with E-state index in [1.807, 2.05) is 42.7 Å². The molecule has 0 aliphatic rings. The van der Waals surface area contributed by atoms with Crippen LogP contribution in [-0.4, -0.2) is 28.5 Å². The quantitative estimate of drug-likeness (QED) is 0.828. The predicted molar refractivity (Wildman–Crippen MR) is 86.5 cm³/mol. The van der Waals surface area contributed by atoms with Crippen molar-refractivity contribution < 1.29 is 0 Å². The van der Waals surface area contributed by atoms with E-state index in [1.165, 1.54) is 5.56 Å². The molecule has 0 spiro atoms. The first-order valence-electron chi connectivity index (χ1n) is 6.62. The van der Waals surface area contributed by atoms with Gasteiger partial charge in [0, 0.05) is 18.9 Å². The van der Waals surface area contributed by atoms with Crippen LogP contribution in [0.15, 0.2) is 54.9 Å². The highest BCUT2D eigenvalue weighted by Crippen LogP contribution is 2.19. The maximum absolute atomic E-state index is 5.92. The van der Waals surface area contributed by atoms with Gasteiger partial charge in [-0.25, -0.2) is 0 Å². The summed E-state index contributed by atoms with van der Waals surface area (Å²) in [5.41, 5.74) is 8.32. The van der Waals surface area contributed by atoms with Crippen molar-refractivity contribution in [3.8, 4) is 0 Å². The van der Waals surface area contributed by atoms with Crippen LogP contribution >= 0.6 is 12.2 Å². The molecule has 1 aromatic carbocycles. The average Bonchev–Trinajstić information content (AvgIpc) is 2.47. The molecule has 0 saturated heterocycles. The van der Waals surface area contributed by atoms with Gasteiger partial charge in [0.25, 0.3) is 0 Å². The second kappa shape index (κ2) is 7.12. The number of hydrogen-bond donors (Lipinski definition) is 1. The van der Waals surface area contributed by atoms with Gasteiger partial charge < -0.3 is 5.73 Å². The van der Waals surface area contributed by atoms with Crippen molar-refractivity contribution in [1.82, 2.24) is 9.88 Å². The maximum atomic E-state index is 5.92. The molecule has 104 valence electrons. The maximum Gasteiger partial charge on any atom is 0.0948 e. The van der Waals surface area contributed by atoms with Crippen LogP contribution in [0.1, 0.15) is 17.2 Å². The number of thiocarbonyl (C=S) groups is 1. The fraction of sp³-hybridized carbons (Fsp3) is 0.250. The minimum Gasteiger partial charge on any atom is -0.392 e. The van der Waals surface area contributed by atoms with Gasteiger partial charge in [0.05, 0.1) is 11.0 Å². The Morgan fingerprint density at radius 1 is 1.20 bits per heavy atom. The van der Waals surface area contributed by atoms with E-state index in [4.69, 9.17) is 18.0 Å². The lowest BCUT2D eigenvalue weighted by Crippen LogP contribution is -2.35. The van der Waals surface area contributed by atoms with E-state index >= 15 is 0 Å². The SMILES string of the molecule is CN(CCc1ccncc1)C(C(N)=S)c1ccccc1. The standard InChI is InChI=1S/C16H19N3S/c1-19(12-9-13-7-10-18-11-8-13)15(16(17)20)14-5-3-2-4-6-14/h2-8,10-11,15H,9,12H2,1H3,(H2,17,20). The summed E-state index contributed by atoms with van der Waals surface area (Å²) in [5.74, 6) is 0. The monoisotopic (exact) mass is 285 g/mol. The fourth-order valence-corrected chi connectivity index (χ4v) is 2.57. The Labute approximate surface area is 125 Å². The molecule has 2 aromatic rings. The van der Waals surface area contributed by atoms with Crippen molar-refractivity contribution in [3.63, 3.8) is 0 Å². The summed E-state index contributed by atoms with van der Waals surface area (Å²) in [6.45, 7) is 0.890. The highest BCUT2D eigenvalue weighted by molar-refractivity contribution is 7.80. The molecule has 1 heterocycles. The van der Waals surface area contributed by atoms with Crippen molar-refractivity contribution in [3.05, 3.63) is 66.0 Å². The predicted octanol–water partition coefficient (Wildman–Crippen LogP) is 2.58. The molecule has 2 rings (SSSR count). The third kappa shape index (κ3) is 3.85. The van der Waals surface area contributed by atoms with Gasteiger partial charge in [-0.15, -0.1) is 0 Å². The first kappa shape index (κ1) is 14.6. The van der Waals surface area contributed by atoms with Crippen LogP contribution < -0.4 is 5.73 Å². The van der Waals surface area contributed by atoms with Gasteiger partial charge in [-0.3, -0.25) is 9.88 Å². The number of nitrogens with two attached hydrogens (primary N) is 1. The Hall–Kier alpha value is -1.78. The molecule has 20 heavy (non-hydrogen) atoms. The summed E-state index contributed by atoms with van der Waals surface area (Å²) >= 11 is 5.23. The number of hydrogen-bond acceptors (Lipinski definition) is 3. The lowest BCUT2D eigenvalue weighted by Gasteiger charge is -2.27. The molecular formula is C16H19N3S. The largest absolute Gasteiger partial charge is 0.392 e. The van der Waals surface area contributed by atoms with Crippen LogP contribution in [0.3, 0.4) is 0 Å². The first-order valence-corrected chi connectivity index (χ1v) is 7.02. The summed E-state index contributed by atoms with van der Waals surface area (Å²) in [7, 11) is 2.05. The van der Waals surface area contributed by atoms with Gasteiger partial charge in [0.2, 0.25) is 0 Å². The second-order valence-electron chi connectivity index (χ2n) is 4.80. The fourth-order valence-electron chi connectivity index (χ4n) is 2.26. The number of aromatic nitrogens is 1. The van der Waals surface area contributed by atoms with Crippen molar-refractivity contribution >= 4 is 17.2 Å². The van der Waals surface area contributed by atoms with Crippen molar-refractivity contribution in [1.29, 1.82) is 0 Å². The molecule has 2 N–H and O–H groups in total. The van der Waals surface area contributed by atoms with Crippen molar-refractivity contribution in [2.45, 2.75) is 12.5 Å². The number of benzene rings is 1. The molecule has 0 amide bonds. The highest BCUT2D eigenvalue weighted by Gasteiger charge is 2.19. The number of rotatable bonds is 6. The van der Waals surface area contributed by atoms with Gasteiger partial charge >= 0.3 is 0 Å². The van der Waals surface area contributed by atoms with Crippen LogP contribution in [0.2, 0.25) is 0 Å². The van der Waals surface area contributed by atoms with Gasteiger partial charge in [0.15, 0.2) is 0 Å². The zero-order valence-electron chi connectivity index (χ0n) is 11.6. The lowest BCUT2D eigenvalue weighted by molar-refractivity contribution is 0.305. The molecule has 0 fully saturated rings. The smallest absolute Gasteiger partial charge is 0.0948 e. The van der Waals surface area contributed by atoms with Crippen LogP contribution in [-0.2, 0) is 6.42 Å². The molecular weight excluding hydrogens is 266 g/mol. The number of nitrogens with zero attached hydrogens (tertiary/aromatic N) is 2. The summed E-state index contributed by atoms with van der Waals surface area (Å²) in [6, 6.07) is 14.2. The Morgan fingerprint density at radius 3 is 2.45 bits per heavy atom. The Kier molecular flexibility index (Phi) is 5.21. The Balaban J connectivity index is 2.05. The van der Waals surface area contributed by atoms with Crippen molar-refractivity contribution in [2.24, 2.45) is 5.73 Å². The van der Waals surface area contributed by atoms with Gasteiger partial charge in [-0.2, -0.15) is 0 Å². The zero-order chi connectivity index (χ0) is 14.4. The van der Waals surface area contributed by atoms with Gasteiger partial charge in [-0.1, -0.05) is 42.5 Å². The molecule has 4 heteroatoms. The second-order valence-corrected chi connectivity index (χ2v) is 5.27. The van der Waals surface area contributed by atoms with E-state index in [0.717, 1.165) is 18.5 Å². The van der Waals surface area contributed by atoms with Crippen LogP contribution in [0.25, 0.3) is 0 Å². The van der Waals surface area contributed by atoms with E-state index < -0.39 is 0 Å². The molecule has 0 bridgehead atoms. The van der Waals surface area contributed by atoms with E-state index in [-0.39, 0.29) is 6.04 Å². The normalized spacial score (nSPS) is 12.3. The summed E-state index contributed by atoms with van der Waals surface area (Å²) in [4.78, 5) is 6.73. The van der Waals surface area contributed by atoms with Gasteiger partial charge in [-0.05, 0) is 36.7 Å². The van der Waals surface area contributed by atoms with E-state index in [2.05, 4.69) is 29.1 Å². The molecule has 1 aromatic heterocycles. The minimum absolute atomic E-state index is 0.0203. The third-order valence-electron chi connectivity index (χ3n) is 3.33. The molecule has 0 aliphatic carbocycles. The van der Waals surface area contributed by atoms with E-state index in [9.17, 15) is 0 Å². The summed E-state index contributed by atoms with van der Waals surface area (Å²) in [6.07, 6.45) is 4.58. The average molecular weight is 285 g/mol. The van der Waals surface area contributed by atoms with Crippen LogP contribution in [0, 0.1) is 0 Å². The molecule has 3 nitrogen and oxygen atoms in total. The number of likely N-dealkylation sites (N-methyl/N-ethyl adjacent to an activating group) is 1. The molecule has 0 saturated carbocycles. The Morgan fingerprint density at radius 2 is 1.85 bits per heavy atom. The molecule has 0 radical (unpaired) electrons. The van der Waals surface area contributed by atoms with Crippen molar-refractivity contribution in [2.75, 3.05) is 13.6 Å². The zero-order valence-corrected chi connectivity index (χ0v) is 12.4. The summed E-state index contributed by atoms with van der Waals surface area (Å²) in [5, 5.41) is 0. The molecule has 1 unspecified atom stereocenters. The van der Waals surface area contributed by atoms with E-state index in [0.29, 0.717) is 4.99 Å². The number of pyridine rings is 1. The minimum atomic E-state index is -0.0203. The van der Waals surface area contributed by atoms with Crippen LogP contribution in [0.4, 0.5) is 0 Å². The molecule has 0 aliphatic heterocycles. The topological polar surface area (TPSA) is 42.2 Å². The molecule has 1 atom stereocenters. The summed E-state index contributed by atoms with van der Waals surface area (Å²) < 4.78 is 0. The Bertz CT molecular complexity index is 542. The van der Waals surface area contributed by atoms with Gasteiger partial charge in [0.1, 0.15) is 0 Å². The first-order chi connectivity index (χ1) is 9.68. The lowest BCUT2D eigenvalue weighted by atomic mass is 10.1. The van der Waals surface area contributed by atoms with E-state index in [1.54, 1.807) is 0 Å². The van der Waals surface area contributed by atoms with Crippen LogP contribution in [0.5, 0.6) is 0 Å². The highest BCUT2D eigenvalue weighted by atomic mass is 32.1.